The molecule has 5 rings (SSSR count). The molecule has 3 heterocycles. The Bertz CT molecular complexity index is 1470. The van der Waals surface area contributed by atoms with Gasteiger partial charge < -0.3 is 14.2 Å². The summed E-state index contributed by atoms with van der Waals surface area (Å²) < 4.78 is 7.75. The number of hydrogen-bond acceptors (Lipinski definition) is 6. The van der Waals surface area contributed by atoms with E-state index in [0.717, 1.165) is 40.7 Å². The van der Waals surface area contributed by atoms with Crippen molar-refractivity contribution in [2.45, 2.75) is 58.6 Å². The van der Waals surface area contributed by atoms with Gasteiger partial charge in [0.15, 0.2) is 0 Å². The Balaban J connectivity index is 1.32. The topological polar surface area (TPSA) is 101 Å². The van der Waals surface area contributed by atoms with E-state index in [-0.39, 0.29) is 23.5 Å². The Morgan fingerprint density at radius 3 is 2.69 bits per heavy atom. The summed E-state index contributed by atoms with van der Waals surface area (Å²) >= 11 is 1.40. The number of aromatic nitrogens is 2. The first-order chi connectivity index (χ1) is 18.6. The van der Waals surface area contributed by atoms with Gasteiger partial charge in [-0.3, -0.25) is 15.1 Å². The van der Waals surface area contributed by atoms with Crippen molar-refractivity contribution in [2.24, 2.45) is 15.4 Å². The zero-order chi connectivity index (χ0) is 27.8. The second-order valence-corrected chi connectivity index (χ2v) is 12.5. The summed E-state index contributed by atoms with van der Waals surface area (Å²) in [5.74, 6) is 0.352. The molecule has 1 spiro atoms. The Kier molecular flexibility index (Phi) is 7.15. The van der Waals surface area contributed by atoms with Crippen LogP contribution in [0.15, 0.2) is 52.6 Å². The Morgan fingerprint density at radius 1 is 1.21 bits per heavy atom. The number of aliphatic imine (C=N–C) groups is 2. The average Bonchev–Trinajstić information content (AvgIpc) is 3.59. The first-order valence-electron chi connectivity index (χ1n) is 13.1. The fraction of sp³-hybridized carbons (Fsp3) is 0.414. The Labute approximate surface area is 232 Å². The lowest BCUT2D eigenvalue weighted by Crippen LogP contribution is -2.43. The van der Waals surface area contributed by atoms with Crippen LogP contribution >= 0.6 is 11.3 Å². The molecule has 1 saturated carbocycles. The molecule has 1 saturated heterocycles. The second-order valence-electron chi connectivity index (χ2n) is 11.4. The van der Waals surface area contributed by atoms with E-state index >= 15 is 0 Å². The van der Waals surface area contributed by atoms with Crippen LogP contribution in [-0.2, 0) is 4.74 Å². The molecule has 39 heavy (non-hydrogen) atoms. The highest BCUT2D eigenvalue weighted by Gasteiger charge is 2.51. The van der Waals surface area contributed by atoms with Crippen LogP contribution in [0.3, 0.4) is 0 Å². The molecule has 1 aromatic carbocycles. The van der Waals surface area contributed by atoms with E-state index in [0.29, 0.717) is 23.9 Å². The van der Waals surface area contributed by atoms with Gasteiger partial charge in [-0.2, -0.15) is 0 Å². The maximum atomic E-state index is 13.3. The number of amides is 2. The van der Waals surface area contributed by atoms with E-state index in [4.69, 9.17) is 9.72 Å². The number of ether oxygens (including phenoxy) is 1. The van der Waals surface area contributed by atoms with Crippen LogP contribution in [0.2, 0.25) is 0 Å². The predicted octanol–water partition coefficient (Wildman–Crippen LogP) is 6.40. The smallest absolute Gasteiger partial charge is 0.410 e. The SMILES string of the molecule is C=NC=N/C=C(\C)c1ccc(C(=O)Nc2nc3ccccc3n2C2CC3(CCN(C(=O)OC(C)(C)C)C3)C2)s1. The van der Waals surface area contributed by atoms with Gasteiger partial charge in [-0.05, 0) is 88.9 Å². The third-order valence-electron chi connectivity index (χ3n) is 7.25. The molecule has 2 aliphatic rings. The monoisotopic (exact) mass is 546 g/mol. The quantitative estimate of drug-likeness (QED) is 0.285. The number of nitrogens with zero attached hydrogens (tertiary/aromatic N) is 5. The molecule has 2 amide bonds. The first kappa shape index (κ1) is 26.8. The number of fused-ring (bicyclic) bond motifs is 1. The third kappa shape index (κ3) is 5.66. The number of carbonyl (C=O) groups excluding carboxylic acids is 2. The summed E-state index contributed by atoms with van der Waals surface area (Å²) in [5, 5.41) is 3.07. The lowest BCUT2D eigenvalue weighted by molar-refractivity contribution is 0.0199. The van der Waals surface area contributed by atoms with Crippen LogP contribution in [0.1, 0.15) is 67.5 Å². The average molecular weight is 547 g/mol. The normalized spacial score (nSPS) is 21.5. The molecule has 1 aliphatic heterocycles. The van der Waals surface area contributed by atoms with Gasteiger partial charge in [0.25, 0.3) is 5.91 Å². The number of likely N-dealkylation sites (tertiary alicyclic amines) is 1. The van der Waals surface area contributed by atoms with Gasteiger partial charge in [0.2, 0.25) is 5.95 Å². The van der Waals surface area contributed by atoms with Gasteiger partial charge in [-0.25, -0.2) is 14.8 Å². The molecule has 1 aliphatic carbocycles. The van der Waals surface area contributed by atoms with E-state index in [9.17, 15) is 9.59 Å². The zero-order valence-electron chi connectivity index (χ0n) is 22.8. The van der Waals surface area contributed by atoms with E-state index in [2.05, 4.69) is 26.6 Å². The number of nitrogens with one attached hydrogen (secondary N) is 1. The fourth-order valence-corrected chi connectivity index (χ4v) is 6.33. The predicted molar refractivity (Wildman–Crippen MR) is 157 cm³/mol. The molecule has 9 nitrogen and oxygen atoms in total. The van der Waals surface area contributed by atoms with Crippen molar-refractivity contribution in [1.29, 1.82) is 0 Å². The van der Waals surface area contributed by atoms with Crippen molar-refractivity contribution in [1.82, 2.24) is 14.5 Å². The molecule has 10 heteroatoms. The third-order valence-corrected chi connectivity index (χ3v) is 8.47. The fourth-order valence-electron chi connectivity index (χ4n) is 5.47. The molecule has 3 aromatic rings. The van der Waals surface area contributed by atoms with E-state index in [1.165, 1.54) is 17.7 Å². The van der Waals surface area contributed by atoms with Crippen molar-refractivity contribution in [3.63, 3.8) is 0 Å². The van der Waals surface area contributed by atoms with Crippen molar-refractivity contribution < 1.29 is 14.3 Å². The summed E-state index contributed by atoms with van der Waals surface area (Å²) in [6.45, 7) is 12.4. The van der Waals surface area contributed by atoms with Crippen molar-refractivity contribution >= 4 is 58.9 Å². The van der Waals surface area contributed by atoms with Gasteiger partial charge in [-0.1, -0.05) is 12.1 Å². The molecule has 204 valence electrons. The van der Waals surface area contributed by atoms with Gasteiger partial charge in [0, 0.05) is 30.2 Å². The van der Waals surface area contributed by atoms with Crippen LogP contribution in [0.25, 0.3) is 16.6 Å². The first-order valence-corrected chi connectivity index (χ1v) is 13.9. The summed E-state index contributed by atoms with van der Waals surface area (Å²) in [5.41, 5.74) is 2.34. The minimum absolute atomic E-state index is 0.0737. The summed E-state index contributed by atoms with van der Waals surface area (Å²) in [4.78, 5) is 41.7. The van der Waals surface area contributed by atoms with Crippen molar-refractivity contribution in [2.75, 3.05) is 18.4 Å². The van der Waals surface area contributed by atoms with Crippen molar-refractivity contribution in [3.8, 4) is 0 Å². The summed E-state index contributed by atoms with van der Waals surface area (Å²) in [6.07, 6.45) is 5.62. The van der Waals surface area contributed by atoms with E-state index in [1.54, 1.807) is 6.20 Å². The number of rotatable bonds is 6. The number of anilines is 1. The summed E-state index contributed by atoms with van der Waals surface area (Å²) in [7, 11) is 0. The number of thiophene rings is 1. The van der Waals surface area contributed by atoms with Gasteiger partial charge in [0.05, 0.1) is 15.9 Å². The Hall–Kier alpha value is -3.79. The second kappa shape index (κ2) is 10.4. The molecule has 0 bridgehead atoms. The Morgan fingerprint density at radius 2 is 1.95 bits per heavy atom. The molecule has 0 unspecified atom stereocenters. The lowest BCUT2D eigenvalue weighted by Gasteiger charge is -2.46. The molecule has 2 aromatic heterocycles. The largest absolute Gasteiger partial charge is 0.444 e. The van der Waals surface area contributed by atoms with Crippen LogP contribution in [0, 0.1) is 5.41 Å². The van der Waals surface area contributed by atoms with Crippen LogP contribution < -0.4 is 5.32 Å². The highest BCUT2D eigenvalue weighted by molar-refractivity contribution is 7.15. The molecular weight excluding hydrogens is 512 g/mol. The maximum absolute atomic E-state index is 13.3. The van der Waals surface area contributed by atoms with Crippen LogP contribution in [0.5, 0.6) is 0 Å². The van der Waals surface area contributed by atoms with Crippen molar-refractivity contribution in [3.05, 3.63) is 52.4 Å². The number of hydrogen-bond donors (Lipinski definition) is 1. The van der Waals surface area contributed by atoms with E-state index < -0.39 is 5.60 Å². The molecule has 0 atom stereocenters. The molecule has 1 N–H and O–H groups in total. The molecular formula is C29H34N6O3S. The maximum Gasteiger partial charge on any atom is 0.410 e. The number of imidazole rings is 1. The standard InChI is InChI=1S/C29H34N6O3S/c1-19(16-31-18-30-5)23-10-11-24(39-23)25(36)33-26-32-21-8-6-7-9-22(21)35(26)20-14-29(15-20)12-13-34(17-29)27(37)38-28(2,3)4/h6-11,16,18,20H,5,12-15,17H2,1-4H3,(H,32,33,36)/b19-16+,31-18?. The van der Waals surface area contributed by atoms with Gasteiger partial charge >= 0.3 is 6.09 Å². The van der Waals surface area contributed by atoms with E-state index in [1.807, 2.05) is 69.0 Å². The number of carbonyl (C=O) groups is 2. The minimum atomic E-state index is -0.507. The van der Waals surface area contributed by atoms with Gasteiger partial charge in [0.1, 0.15) is 11.9 Å². The van der Waals surface area contributed by atoms with Crippen LogP contribution in [-0.4, -0.2) is 58.2 Å². The van der Waals surface area contributed by atoms with Gasteiger partial charge in [-0.15, -0.1) is 11.3 Å². The summed E-state index contributed by atoms with van der Waals surface area (Å²) in [6, 6.07) is 11.9. The molecule has 2 fully saturated rings. The minimum Gasteiger partial charge on any atom is -0.444 e. The number of para-hydroxylation sites is 2. The molecule has 0 radical (unpaired) electrons. The highest BCUT2D eigenvalue weighted by Crippen LogP contribution is 2.55. The highest BCUT2D eigenvalue weighted by atomic mass is 32.1. The number of benzene rings is 1. The van der Waals surface area contributed by atoms with Crippen LogP contribution in [0.4, 0.5) is 10.7 Å². The lowest BCUT2D eigenvalue weighted by atomic mass is 9.65. The zero-order valence-corrected chi connectivity index (χ0v) is 23.6. The number of allylic oxidation sites excluding steroid dienone is 1.